The SMILES string of the molecule is CC(=O)SCCC(O)C(O)c1ccc(Br)cc1N. The summed E-state index contributed by atoms with van der Waals surface area (Å²) in [5.74, 6) is 0.476. The fraction of sp³-hybridized carbons (Fsp3) is 0.417. The molecular formula is C12H16BrNO3S. The van der Waals surface area contributed by atoms with E-state index in [0.29, 0.717) is 23.4 Å². The Balaban J connectivity index is 2.62. The van der Waals surface area contributed by atoms with E-state index in [-0.39, 0.29) is 5.12 Å². The maximum Gasteiger partial charge on any atom is 0.185 e. The minimum absolute atomic E-state index is 0.000143. The standard InChI is InChI=1S/C12H16BrNO3S/c1-7(15)18-5-4-11(16)12(17)9-3-2-8(13)6-10(9)14/h2-3,6,11-12,16-17H,4-5,14H2,1H3. The van der Waals surface area contributed by atoms with Crippen molar-refractivity contribution in [2.45, 2.75) is 25.6 Å². The van der Waals surface area contributed by atoms with E-state index in [1.807, 2.05) is 0 Å². The number of carbonyl (C=O) groups is 1. The maximum atomic E-state index is 10.8. The van der Waals surface area contributed by atoms with Crippen LogP contribution in [0.1, 0.15) is 25.0 Å². The monoisotopic (exact) mass is 333 g/mol. The molecule has 1 aromatic carbocycles. The maximum absolute atomic E-state index is 10.8. The number of carbonyl (C=O) groups excluding carboxylic acids is 1. The van der Waals surface area contributed by atoms with Crippen LogP contribution in [-0.4, -0.2) is 27.2 Å². The Hall–Kier alpha value is -0.560. The van der Waals surface area contributed by atoms with Gasteiger partial charge in [-0.25, -0.2) is 0 Å². The summed E-state index contributed by atoms with van der Waals surface area (Å²) in [7, 11) is 0. The summed E-state index contributed by atoms with van der Waals surface area (Å²) < 4.78 is 0.817. The molecule has 4 N–H and O–H groups in total. The number of anilines is 1. The predicted molar refractivity (Wildman–Crippen MR) is 77.3 cm³/mol. The van der Waals surface area contributed by atoms with Gasteiger partial charge < -0.3 is 15.9 Å². The molecule has 100 valence electrons. The first kappa shape index (κ1) is 15.5. The molecule has 0 bridgehead atoms. The lowest BCUT2D eigenvalue weighted by Crippen LogP contribution is -2.20. The molecule has 0 fully saturated rings. The predicted octanol–water partition coefficient (Wildman–Crippen LogP) is 2.10. The summed E-state index contributed by atoms with van der Waals surface area (Å²) in [5.41, 5.74) is 6.70. The summed E-state index contributed by atoms with van der Waals surface area (Å²) >= 11 is 4.41. The normalized spacial score (nSPS) is 14.2. The number of halogens is 1. The smallest absolute Gasteiger partial charge is 0.185 e. The molecule has 0 aliphatic rings. The van der Waals surface area contributed by atoms with Crippen LogP contribution in [0, 0.1) is 0 Å². The van der Waals surface area contributed by atoms with E-state index in [9.17, 15) is 15.0 Å². The lowest BCUT2D eigenvalue weighted by Gasteiger charge is -2.19. The molecule has 1 aromatic rings. The second kappa shape index (κ2) is 7.13. The molecule has 0 aliphatic heterocycles. The summed E-state index contributed by atoms with van der Waals surface area (Å²) in [6, 6.07) is 5.10. The highest BCUT2D eigenvalue weighted by Crippen LogP contribution is 2.27. The van der Waals surface area contributed by atoms with Crippen LogP contribution in [0.5, 0.6) is 0 Å². The zero-order valence-electron chi connectivity index (χ0n) is 9.97. The van der Waals surface area contributed by atoms with Crippen LogP contribution >= 0.6 is 27.7 Å². The van der Waals surface area contributed by atoms with Crippen molar-refractivity contribution in [3.05, 3.63) is 28.2 Å². The van der Waals surface area contributed by atoms with E-state index >= 15 is 0 Å². The highest BCUT2D eigenvalue weighted by Gasteiger charge is 2.20. The summed E-state index contributed by atoms with van der Waals surface area (Å²) in [4.78, 5) is 10.8. The van der Waals surface area contributed by atoms with Crippen LogP contribution in [0.3, 0.4) is 0 Å². The fourth-order valence-electron chi connectivity index (χ4n) is 1.50. The lowest BCUT2D eigenvalue weighted by atomic mass is 10.0. The zero-order chi connectivity index (χ0) is 13.7. The molecule has 0 amide bonds. The molecule has 0 aliphatic carbocycles. The molecule has 6 heteroatoms. The number of aliphatic hydroxyl groups excluding tert-OH is 2. The highest BCUT2D eigenvalue weighted by molar-refractivity contribution is 9.10. The molecule has 0 radical (unpaired) electrons. The van der Waals surface area contributed by atoms with Gasteiger partial charge in [-0.05, 0) is 18.6 Å². The van der Waals surface area contributed by atoms with Gasteiger partial charge in [-0.2, -0.15) is 0 Å². The van der Waals surface area contributed by atoms with Gasteiger partial charge in [0, 0.05) is 28.4 Å². The first-order chi connectivity index (χ1) is 8.41. The average molecular weight is 334 g/mol. The molecule has 4 nitrogen and oxygen atoms in total. The van der Waals surface area contributed by atoms with Gasteiger partial charge in [-0.1, -0.05) is 33.8 Å². The molecule has 18 heavy (non-hydrogen) atoms. The third-order valence-corrected chi connectivity index (χ3v) is 3.79. The van der Waals surface area contributed by atoms with Crippen molar-refractivity contribution < 1.29 is 15.0 Å². The number of benzene rings is 1. The Morgan fingerprint density at radius 2 is 2.17 bits per heavy atom. The van der Waals surface area contributed by atoms with Gasteiger partial charge in [0.2, 0.25) is 0 Å². The van der Waals surface area contributed by atoms with Crippen molar-refractivity contribution in [3.63, 3.8) is 0 Å². The zero-order valence-corrected chi connectivity index (χ0v) is 12.4. The summed E-state index contributed by atoms with van der Waals surface area (Å²) in [5, 5.41) is 19.8. The minimum Gasteiger partial charge on any atom is -0.398 e. The van der Waals surface area contributed by atoms with Crippen LogP contribution in [0.25, 0.3) is 0 Å². The summed E-state index contributed by atoms with van der Waals surface area (Å²) in [6.07, 6.45) is -1.63. The molecule has 0 spiro atoms. The van der Waals surface area contributed by atoms with Crippen molar-refractivity contribution in [3.8, 4) is 0 Å². The molecule has 0 heterocycles. The largest absolute Gasteiger partial charge is 0.398 e. The molecular weight excluding hydrogens is 318 g/mol. The van der Waals surface area contributed by atoms with Gasteiger partial charge >= 0.3 is 0 Å². The molecule has 2 atom stereocenters. The van der Waals surface area contributed by atoms with Gasteiger partial charge in [-0.15, -0.1) is 0 Å². The molecule has 0 saturated carbocycles. The number of rotatable bonds is 5. The van der Waals surface area contributed by atoms with E-state index in [4.69, 9.17) is 5.73 Å². The van der Waals surface area contributed by atoms with Crippen LogP contribution in [0.2, 0.25) is 0 Å². The topological polar surface area (TPSA) is 83.5 Å². The number of nitrogen functional groups attached to an aromatic ring is 1. The van der Waals surface area contributed by atoms with E-state index in [1.54, 1.807) is 18.2 Å². The van der Waals surface area contributed by atoms with Gasteiger partial charge in [0.25, 0.3) is 0 Å². The third-order valence-electron chi connectivity index (χ3n) is 2.45. The van der Waals surface area contributed by atoms with Crippen molar-refractivity contribution >= 4 is 38.5 Å². The highest BCUT2D eigenvalue weighted by atomic mass is 79.9. The van der Waals surface area contributed by atoms with Crippen LogP contribution in [0.4, 0.5) is 5.69 Å². The minimum atomic E-state index is -1.04. The van der Waals surface area contributed by atoms with Gasteiger partial charge in [0.15, 0.2) is 5.12 Å². The number of thioether (sulfide) groups is 1. The number of aliphatic hydroxyl groups is 2. The molecule has 1 rings (SSSR count). The Kier molecular flexibility index (Phi) is 6.14. The Labute approximate surface area is 119 Å². The van der Waals surface area contributed by atoms with Crippen molar-refractivity contribution in [2.75, 3.05) is 11.5 Å². The Morgan fingerprint density at radius 3 is 2.72 bits per heavy atom. The van der Waals surface area contributed by atoms with Crippen LogP contribution in [0.15, 0.2) is 22.7 Å². The number of hydrogen-bond donors (Lipinski definition) is 3. The second-order valence-electron chi connectivity index (χ2n) is 3.91. The lowest BCUT2D eigenvalue weighted by molar-refractivity contribution is -0.109. The van der Waals surface area contributed by atoms with E-state index in [2.05, 4.69) is 15.9 Å². The van der Waals surface area contributed by atoms with E-state index in [0.717, 1.165) is 16.2 Å². The third kappa shape index (κ3) is 4.61. The second-order valence-corrected chi connectivity index (χ2v) is 6.10. The molecule has 0 aromatic heterocycles. The van der Waals surface area contributed by atoms with Crippen molar-refractivity contribution in [1.29, 1.82) is 0 Å². The van der Waals surface area contributed by atoms with Gasteiger partial charge in [0.05, 0.1) is 6.10 Å². The number of hydrogen-bond acceptors (Lipinski definition) is 5. The first-order valence-electron chi connectivity index (χ1n) is 5.46. The van der Waals surface area contributed by atoms with Gasteiger partial charge in [0.1, 0.15) is 6.10 Å². The summed E-state index contributed by atoms with van der Waals surface area (Å²) in [6.45, 7) is 1.47. The molecule has 0 saturated heterocycles. The quantitative estimate of drug-likeness (QED) is 0.718. The van der Waals surface area contributed by atoms with E-state index in [1.165, 1.54) is 6.92 Å². The van der Waals surface area contributed by atoms with Crippen molar-refractivity contribution in [1.82, 2.24) is 0 Å². The Bertz CT molecular complexity index is 428. The fourth-order valence-corrected chi connectivity index (χ4v) is 2.53. The van der Waals surface area contributed by atoms with Gasteiger partial charge in [-0.3, -0.25) is 4.79 Å². The van der Waals surface area contributed by atoms with E-state index < -0.39 is 12.2 Å². The van der Waals surface area contributed by atoms with Crippen LogP contribution < -0.4 is 5.73 Å². The van der Waals surface area contributed by atoms with Crippen molar-refractivity contribution in [2.24, 2.45) is 0 Å². The molecule has 2 unspecified atom stereocenters. The van der Waals surface area contributed by atoms with Crippen LogP contribution in [-0.2, 0) is 4.79 Å². The average Bonchev–Trinajstić information content (AvgIpc) is 2.27. The Morgan fingerprint density at radius 1 is 1.50 bits per heavy atom. The number of nitrogens with two attached hydrogens (primary N) is 1. The first-order valence-corrected chi connectivity index (χ1v) is 7.24.